The normalized spacial score (nSPS) is 28.1. The molecule has 6 heteroatoms. The van der Waals surface area contributed by atoms with E-state index in [1.54, 1.807) is 0 Å². The molecule has 1 spiro atoms. The van der Waals surface area contributed by atoms with Crippen LogP contribution in [0.4, 0.5) is 5.13 Å². The highest BCUT2D eigenvalue weighted by atomic mass is 32.1. The molecular formula is C15H25N3O2S. The van der Waals surface area contributed by atoms with Gasteiger partial charge in [-0.3, -0.25) is 0 Å². The van der Waals surface area contributed by atoms with Crippen molar-refractivity contribution < 1.29 is 9.84 Å². The van der Waals surface area contributed by atoms with Crippen LogP contribution in [-0.4, -0.2) is 46.4 Å². The zero-order valence-corrected chi connectivity index (χ0v) is 13.9. The van der Waals surface area contributed by atoms with Gasteiger partial charge >= 0.3 is 0 Å². The number of anilines is 1. The predicted octanol–water partition coefficient (Wildman–Crippen LogP) is 2.42. The van der Waals surface area contributed by atoms with Gasteiger partial charge in [0.05, 0.1) is 12.2 Å². The lowest BCUT2D eigenvalue weighted by Gasteiger charge is -2.56. The van der Waals surface area contributed by atoms with Crippen molar-refractivity contribution in [1.29, 1.82) is 0 Å². The van der Waals surface area contributed by atoms with E-state index >= 15 is 0 Å². The summed E-state index contributed by atoms with van der Waals surface area (Å²) in [7, 11) is 0. The molecule has 118 valence electrons. The average Bonchev–Trinajstić information content (AvgIpc) is 2.97. The van der Waals surface area contributed by atoms with Crippen LogP contribution in [0.15, 0.2) is 0 Å². The lowest BCUT2D eigenvalue weighted by atomic mass is 9.58. The van der Waals surface area contributed by atoms with Crippen LogP contribution >= 0.6 is 11.5 Å². The molecule has 2 aliphatic rings. The SMILES string of the molecule is CCO[C@@H]1C[C@H](O)C12CCN(c1nc(C(C)C)ns1)CC2. The molecule has 2 heterocycles. The van der Waals surface area contributed by atoms with E-state index in [-0.39, 0.29) is 17.6 Å². The second-order valence-corrected chi connectivity index (χ2v) is 7.24. The van der Waals surface area contributed by atoms with Gasteiger partial charge in [-0.15, -0.1) is 0 Å². The van der Waals surface area contributed by atoms with E-state index in [0.29, 0.717) is 5.92 Å². The summed E-state index contributed by atoms with van der Waals surface area (Å²) in [6, 6.07) is 0. The van der Waals surface area contributed by atoms with E-state index in [1.165, 1.54) is 11.5 Å². The first kappa shape index (κ1) is 15.2. The van der Waals surface area contributed by atoms with Crippen molar-refractivity contribution in [3.05, 3.63) is 5.82 Å². The number of aliphatic hydroxyl groups is 1. The summed E-state index contributed by atoms with van der Waals surface area (Å²) in [5.74, 6) is 1.31. The van der Waals surface area contributed by atoms with Gasteiger partial charge in [-0.05, 0) is 19.8 Å². The molecule has 1 saturated heterocycles. The standard InChI is InChI=1S/C15H25N3O2S/c1-4-20-12-9-11(19)15(12)5-7-18(8-6-15)14-16-13(10(2)3)17-21-14/h10-12,19H,4-9H2,1-3H3/t11-,12+/m0/s1. The largest absolute Gasteiger partial charge is 0.392 e. The molecule has 0 radical (unpaired) electrons. The van der Waals surface area contributed by atoms with E-state index in [1.807, 2.05) is 6.92 Å². The topological polar surface area (TPSA) is 58.5 Å². The summed E-state index contributed by atoms with van der Waals surface area (Å²) >= 11 is 1.49. The highest BCUT2D eigenvalue weighted by molar-refractivity contribution is 7.09. The molecule has 1 aliphatic heterocycles. The van der Waals surface area contributed by atoms with Crippen molar-refractivity contribution in [1.82, 2.24) is 9.36 Å². The maximum Gasteiger partial charge on any atom is 0.205 e. The summed E-state index contributed by atoms with van der Waals surface area (Å²) < 4.78 is 10.2. The number of hydrogen-bond acceptors (Lipinski definition) is 6. The van der Waals surface area contributed by atoms with Gasteiger partial charge < -0.3 is 14.7 Å². The third kappa shape index (κ3) is 2.58. The molecule has 1 aromatic heterocycles. The molecule has 0 amide bonds. The Morgan fingerprint density at radius 2 is 2.14 bits per heavy atom. The zero-order valence-electron chi connectivity index (χ0n) is 13.1. The van der Waals surface area contributed by atoms with Gasteiger partial charge in [0.15, 0.2) is 0 Å². The lowest BCUT2D eigenvalue weighted by molar-refractivity contribution is -0.199. The molecule has 1 N–H and O–H groups in total. The lowest BCUT2D eigenvalue weighted by Crippen LogP contribution is -2.62. The monoisotopic (exact) mass is 311 g/mol. The van der Waals surface area contributed by atoms with Crippen molar-refractivity contribution >= 4 is 16.7 Å². The third-order valence-electron chi connectivity index (χ3n) is 5.02. The van der Waals surface area contributed by atoms with Gasteiger partial charge in [0.25, 0.3) is 0 Å². The number of nitrogens with zero attached hydrogens (tertiary/aromatic N) is 3. The van der Waals surface area contributed by atoms with Crippen molar-refractivity contribution in [3.63, 3.8) is 0 Å². The van der Waals surface area contributed by atoms with Gasteiger partial charge in [0, 0.05) is 49.0 Å². The average molecular weight is 311 g/mol. The quantitative estimate of drug-likeness (QED) is 0.925. The fraction of sp³-hybridized carbons (Fsp3) is 0.867. The van der Waals surface area contributed by atoms with Crippen molar-refractivity contribution in [3.8, 4) is 0 Å². The Morgan fingerprint density at radius 1 is 1.43 bits per heavy atom. The van der Waals surface area contributed by atoms with Crippen LogP contribution in [-0.2, 0) is 4.74 Å². The van der Waals surface area contributed by atoms with Gasteiger partial charge in [0.2, 0.25) is 5.13 Å². The van der Waals surface area contributed by atoms with Crippen molar-refractivity contribution in [2.24, 2.45) is 5.41 Å². The summed E-state index contributed by atoms with van der Waals surface area (Å²) in [6.45, 7) is 8.88. The molecule has 3 rings (SSSR count). The minimum absolute atomic E-state index is 0.0158. The van der Waals surface area contributed by atoms with Crippen LogP contribution in [0.3, 0.4) is 0 Å². The molecule has 0 aromatic carbocycles. The number of rotatable bonds is 4. The van der Waals surface area contributed by atoms with Crippen molar-refractivity contribution in [2.75, 3.05) is 24.6 Å². The molecule has 1 aromatic rings. The molecule has 0 bridgehead atoms. The van der Waals surface area contributed by atoms with Crippen LogP contribution in [0.2, 0.25) is 0 Å². The number of aromatic nitrogens is 2. The number of ether oxygens (including phenoxy) is 1. The Bertz CT molecular complexity index is 481. The minimum Gasteiger partial charge on any atom is -0.392 e. The predicted molar refractivity (Wildman–Crippen MR) is 83.9 cm³/mol. The first-order chi connectivity index (χ1) is 10.1. The number of hydrogen-bond donors (Lipinski definition) is 1. The fourth-order valence-electron chi connectivity index (χ4n) is 3.52. The molecule has 21 heavy (non-hydrogen) atoms. The van der Waals surface area contributed by atoms with Crippen molar-refractivity contribution in [2.45, 2.75) is 58.2 Å². The fourth-order valence-corrected chi connectivity index (χ4v) is 4.38. The van der Waals surface area contributed by atoms with Crippen LogP contribution in [0, 0.1) is 5.41 Å². The van der Waals surface area contributed by atoms with E-state index in [2.05, 4.69) is 28.1 Å². The summed E-state index contributed by atoms with van der Waals surface area (Å²) in [5.41, 5.74) is -0.0158. The molecule has 0 unspecified atom stereocenters. The molecule has 1 saturated carbocycles. The van der Waals surface area contributed by atoms with Gasteiger partial charge in [-0.25, -0.2) is 4.98 Å². The molecular weight excluding hydrogens is 286 g/mol. The van der Waals surface area contributed by atoms with E-state index in [0.717, 1.165) is 49.9 Å². The Labute approximate surface area is 130 Å². The number of aliphatic hydroxyl groups excluding tert-OH is 1. The van der Waals surface area contributed by atoms with Crippen LogP contribution in [0.5, 0.6) is 0 Å². The zero-order chi connectivity index (χ0) is 15.0. The highest BCUT2D eigenvalue weighted by Crippen LogP contribution is 2.51. The first-order valence-corrected chi connectivity index (χ1v) is 8.72. The molecule has 2 fully saturated rings. The summed E-state index contributed by atoms with van der Waals surface area (Å²) in [6.07, 6.45) is 2.80. The third-order valence-corrected chi connectivity index (χ3v) is 5.81. The number of piperidine rings is 1. The second kappa shape index (κ2) is 5.82. The molecule has 5 nitrogen and oxygen atoms in total. The van der Waals surface area contributed by atoms with Gasteiger partial charge in [0.1, 0.15) is 5.82 Å². The Balaban J connectivity index is 1.64. The Hall–Kier alpha value is -0.720. The molecule has 1 aliphatic carbocycles. The van der Waals surface area contributed by atoms with E-state index in [9.17, 15) is 5.11 Å². The molecule has 2 atom stereocenters. The maximum absolute atomic E-state index is 10.2. The summed E-state index contributed by atoms with van der Waals surface area (Å²) in [4.78, 5) is 6.95. The summed E-state index contributed by atoms with van der Waals surface area (Å²) in [5, 5.41) is 11.3. The van der Waals surface area contributed by atoms with Crippen LogP contribution < -0.4 is 4.90 Å². The highest BCUT2D eigenvalue weighted by Gasteiger charge is 2.56. The second-order valence-electron chi connectivity index (χ2n) is 6.51. The maximum atomic E-state index is 10.2. The van der Waals surface area contributed by atoms with Crippen LogP contribution in [0.1, 0.15) is 51.8 Å². The van der Waals surface area contributed by atoms with E-state index in [4.69, 9.17) is 4.74 Å². The van der Waals surface area contributed by atoms with Crippen LogP contribution in [0.25, 0.3) is 0 Å². The van der Waals surface area contributed by atoms with Gasteiger partial charge in [-0.1, -0.05) is 13.8 Å². The first-order valence-electron chi connectivity index (χ1n) is 7.95. The Kier molecular flexibility index (Phi) is 4.21. The Morgan fingerprint density at radius 3 is 2.67 bits per heavy atom. The minimum atomic E-state index is -0.197. The smallest absolute Gasteiger partial charge is 0.205 e. The van der Waals surface area contributed by atoms with Gasteiger partial charge in [-0.2, -0.15) is 4.37 Å². The van der Waals surface area contributed by atoms with E-state index < -0.39 is 0 Å².